The molecule has 8 atom stereocenters. The summed E-state index contributed by atoms with van der Waals surface area (Å²) in [6.07, 6.45) is -2.40. The molecule has 0 aliphatic carbocycles. The number of ketones is 1. The van der Waals surface area contributed by atoms with Crippen molar-refractivity contribution in [2.24, 2.45) is 17.3 Å². The summed E-state index contributed by atoms with van der Waals surface area (Å²) in [6, 6.07) is 13.6. The average molecular weight is 801 g/mol. The predicted molar refractivity (Wildman–Crippen MR) is 210 cm³/mol. The van der Waals surface area contributed by atoms with Crippen molar-refractivity contribution in [1.29, 1.82) is 0 Å². The summed E-state index contributed by atoms with van der Waals surface area (Å²) in [6.45, 7) is 4.56. The van der Waals surface area contributed by atoms with Crippen LogP contribution in [0.5, 0.6) is 11.5 Å². The number of ether oxygens (including phenoxy) is 4. The van der Waals surface area contributed by atoms with Gasteiger partial charge in [-0.3, -0.25) is 4.79 Å². The van der Waals surface area contributed by atoms with E-state index in [1.165, 1.54) is 22.9 Å². The molecule has 3 saturated heterocycles. The van der Waals surface area contributed by atoms with Crippen LogP contribution >= 0.6 is 21.6 Å². The fourth-order valence-corrected chi connectivity index (χ4v) is 11.3. The molecule has 0 bridgehead atoms. The molecule has 0 aromatic heterocycles. The number of aromatic carboxylic acids is 1. The van der Waals surface area contributed by atoms with Crippen LogP contribution in [0, 0.1) is 24.2 Å². The Balaban J connectivity index is 1.29. The number of phenols is 1. The van der Waals surface area contributed by atoms with Gasteiger partial charge in [-0.25, -0.2) is 4.79 Å². The zero-order chi connectivity index (χ0) is 39.3. The number of aliphatic hydroxyl groups excluding tert-OH is 4. The predicted octanol–water partition coefficient (Wildman–Crippen LogP) is 5.50. The molecular weight excluding hydrogens is 749 g/mol. The number of carbonyl (C=O) groups is 2. The number of aliphatic hydroxyl groups is 4. The Bertz CT molecular complexity index is 1810. The third kappa shape index (κ3) is 8.68. The summed E-state index contributed by atoms with van der Waals surface area (Å²) in [4.78, 5) is 25.8. The molecule has 6 rings (SSSR count). The van der Waals surface area contributed by atoms with E-state index in [2.05, 4.69) is 6.92 Å². The molecule has 3 aliphatic rings. The molecule has 3 fully saturated rings. The highest BCUT2D eigenvalue weighted by molar-refractivity contribution is 8.76. The van der Waals surface area contributed by atoms with Crippen LogP contribution in [0.15, 0.2) is 48.5 Å². The number of carboxylic acids is 1. The summed E-state index contributed by atoms with van der Waals surface area (Å²) in [5.41, 5.74) is -0.377. The van der Waals surface area contributed by atoms with Crippen molar-refractivity contribution in [1.82, 2.24) is 0 Å². The molecule has 3 aliphatic heterocycles. The van der Waals surface area contributed by atoms with Crippen molar-refractivity contribution in [3.05, 3.63) is 70.8 Å². The molecule has 3 heterocycles. The maximum atomic E-state index is 13.6. The molecule has 3 aromatic rings. The zero-order valence-electron chi connectivity index (χ0n) is 31.2. The molecule has 14 heteroatoms. The van der Waals surface area contributed by atoms with Gasteiger partial charge in [0.05, 0.1) is 29.7 Å². The Kier molecular flexibility index (Phi) is 13.7. The summed E-state index contributed by atoms with van der Waals surface area (Å²) in [5, 5.41) is 66.1. The maximum Gasteiger partial charge on any atom is 0.335 e. The SMILES string of the molecule is Cc1cc2cc(C(=O)O)cc(O[C@@H]3O[C@H](CO)[C@]4(CC[C@H](C)[C@@H]5CCOC[C@]5(CCCO)CSSCO4)[C@H](O)[C@H]3O)c2c(O)c1C(=O)CCc1ccccc1. The second-order valence-corrected chi connectivity index (χ2v) is 17.6. The van der Waals surface area contributed by atoms with Crippen LogP contribution in [-0.2, 0) is 20.6 Å². The molecule has 12 nitrogen and oxygen atoms in total. The number of hydrogen-bond acceptors (Lipinski definition) is 13. The van der Waals surface area contributed by atoms with Gasteiger partial charge in [-0.15, -0.1) is 0 Å². The van der Waals surface area contributed by atoms with Crippen LogP contribution in [0.4, 0.5) is 0 Å². The van der Waals surface area contributed by atoms with E-state index in [9.17, 15) is 40.2 Å². The Morgan fingerprint density at radius 2 is 1.84 bits per heavy atom. The van der Waals surface area contributed by atoms with E-state index in [1.807, 2.05) is 30.3 Å². The number of carboxylic acid groups (broad SMARTS) is 1. The first-order valence-corrected chi connectivity index (χ1v) is 21.4. The van der Waals surface area contributed by atoms with E-state index >= 15 is 0 Å². The number of phenolic OH excluding ortho intramolecular Hbond substituents is 1. The van der Waals surface area contributed by atoms with Gasteiger partial charge in [-0.1, -0.05) is 64.9 Å². The Labute approximate surface area is 328 Å². The molecule has 55 heavy (non-hydrogen) atoms. The number of fused-ring (bicyclic) bond motifs is 2. The highest BCUT2D eigenvalue weighted by Gasteiger charge is 2.58. The van der Waals surface area contributed by atoms with E-state index in [0.717, 1.165) is 24.2 Å². The summed E-state index contributed by atoms with van der Waals surface area (Å²) in [5.74, 6) is -0.852. The number of carbonyl (C=O) groups excluding carboxylic acids is 1. The van der Waals surface area contributed by atoms with Gasteiger partial charge in [0, 0.05) is 30.8 Å². The molecule has 1 spiro atoms. The minimum absolute atomic E-state index is 0.0411. The molecule has 300 valence electrons. The largest absolute Gasteiger partial charge is 0.506 e. The minimum Gasteiger partial charge on any atom is -0.506 e. The van der Waals surface area contributed by atoms with Crippen LogP contribution in [0.3, 0.4) is 0 Å². The molecule has 0 radical (unpaired) electrons. The highest BCUT2D eigenvalue weighted by Crippen LogP contribution is 2.51. The van der Waals surface area contributed by atoms with Gasteiger partial charge >= 0.3 is 5.97 Å². The first-order chi connectivity index (χ1) is 26.4. The van der Waals surface area contributed by atoms with E-state index in [4.69, 9.17) is 18.9 Å². The Morgan fingerprint density at radius 1 is 1.05 bits per heavy atom. The molecule has 0 unspecified atom stereocenters. The topological polar surface area (TPSA) is 192 Å². The minimum atomic E-state index is -1.73. The van der Waals surface area contributed by atoms with Crippen LogP contribution < -0.4 is 4.74 Å². The maximum absolute atomic E-state index is 13.6. The van der Waals surface area contributed by atoms with Crippen LogP contribution in [-0.4, -0.2) is 111 Å². The van der Waals surface area contributed by atoms with Crippen molar-refractivity contribution in [2.75, 3.05) is 38.1 Å². The number of aryl methyl sites for hydroxylation is 2. The van der Waals surface area contributed by atoms with Crippen LogP contribution in [0.1, 0.15) is 77.3 Å². The highest BCUT2D eigenvalue weighted by atomic mass is 33.1. The second kappa shape index (κ2) is 18.1. The number of rotatable bonds is 11. The van der Waals surface area contributed by atoms with Crippen molar-refractivity contribution in [3.8, 4) is 11.5 Å². The van der Waals surface area contributed by atoms with E-state index < -0.39 is 48.5 Å². The lowest BCUT2D eigenvalue weighted by molar-refractivity contribution is -0.322. The lowest BCUT2D eigenvalue weighted by atomic mass is 9.64. The van der Waals surface area contributed by atoms with Gasteiger partial charge in [-0.2, -0.15) is 0 Å². The lowest BCUT2D eigenvalue weighted by Gasteiger charge is -2.51. The fourth-order valence-electron chi connectivity index (χ4n) is 8.86. The number of hydrogen-bond donors (Lipinski definition) is 6. The van der Waals surface area contributed by atoms with Gasteiger partial charge < -0.3 is 49.6 Å². The van der Waals surface area contributed by atoms with Gasteiger partial charge in [0.25, 0.3) is 0 Å². The first-order valence-electron chi connectivity index (χ1n) is 18.9. The monoisotopic (exact) mass is 800 g/mol. The van der Waals surface area contributed by atoms with E-state index in [1.54, 1.807) is 23.8 Å². The van der Waals surface area contributed by atoms with Gasteiger partial charge in [0.1, 0.15) is 41.4 Å². The standard InChI is InChI=1S/C41H52O12S2/c1-24-11-14-41(51-23-55-54-22-40(13-6-15-42)21-50-16-12-29(24)40)32(20-43)53-39(36(46)37(41)47)52-31-19-28(38(48)49)18-27-17-25(2)33(35(45)34(27)31)30(44)10-9-26-7-4-3-5-8-26/h3-5,7-8,17-19,24,29,32,36-37,39,42-43,45-47H,6,9-16,20-23H2,1-2H3,(H,48,49)/t24-,29-,32+,36+,37+,39+,40+,41+/m0/s1. The van der Waals surface area contributed by atoms with Crippen molar-refractivity contribution in [3.63, 3.8) is 0 Å². The molecule has 0 amide bonds. The van der Waals surface area contributed by atoms with Crippen molar-refractivity contribution >= 4 is 44.1 Å². The van der Waals surface area contributed by atoms with E-state index in [-0.39, 0.29) is 76.1 Å². The van der Waals surface area contributed by atoms with Gasteiger partial charge in [-0.05, 0) is 85.9 Å². The third-order valence-electron chi connectivity index (χ3n) is 11.8. The van der Waals surface area contributed by atoms with Crippen LogP contribution in [0.2, 0.25) is 0 Å². The first kappa shape index (κ1) is 41.7. The fraction of sp³-hybridized carbons (Fsp3) is 0.561. The average Bonchev–Trinajstić information content (AvgIpc) is 3.20. The Hall–Kier alpha value is -2.92. The molecule has 3 aromatic carbocycles. The quantitative estimate of drug-likeness (QED) is 0.105. The summed E-state index contributed by atoms with van der Waals surface area (Å²) < 4.78 is 24.8. The summed E-state index contributed by atoms with van der Waals surface area (Å²) in [7, 11) is 3.09. The third-order valence-corrected chi connectivity index (χ3v) is 14.0. The number of Topliss-reactive ketones (excluding diaryl/α,β-unsaturated/α-hetero) is 1. The number of aromatic hydroxyl groups is 1. The number of benzene rings is 3. The van der Waals surface area contributed by atoms with Crippen molar-refractivity contribution < 1.29 is 59.2 Å². The van der Waals surface area contributed by atoms with Gasteiger partial charge in [0.15, 0.2) is 5.78 Å². The van der Waals surface area contributed by atoms with Gasteiger partial charge in [0.2, 0.25) is 6.29 Å². The van der Waals surface area contributed by atoms with E-state index in [0.29, 0.717) is 38.0 Å². The summed E-state index contributed by atoms with van der Waals surface area (Å²) >= 11 is 0. The zero-order valence-corrected chi connectivity index (χ0v) is 32.9. The smallest absolute Gasteiger partial charge is 0.335 e. The second-order valence-electron chi connectivity index (χ2n) is 15.2. The molecule has 6 N–H and O–H groups in total. The van der Waals surface area contributed by atoms with Crippen LogP contribution in [0.25, 0.3) is 10.8 Å². The lowest BCUT2D eigenvalue weighted by Crippen LogP contribution is -2.69. The molecular formula is C41H52O12S2. The Morgan fingerprint density at radius 3 is 2.56 bits per heavy atom. The van der Waals surface area contributed by atoms with Crippen molar-refractivity contribution in [2.45, 2.75) is 89.0 Å². The normalized spacial score (nSPS) is 30.4. The molecule has 0 saturated carbocycles.